The first-order valence-electron chi connectivity index (χ1n) is 6.91. The van der Waals surface area contributed by atoms with Crippen molar-refractivity contribution in [1.29, 1.82) is 0 Å². The minimum absolute atomic E-state index is 0.439. The molecule has 4 nitrogen and oxygen atoms in total. The van der Waals surface area contributed by atoms with Crippen LogP contribution in [0.15, 0.2) is 0 Å². The lowest BCUT2D eigenvalue weighted by atomic mass is 10.0. The summed E-state index contributed by atoms with van der Waals surface area (Å²) >= 11 is 3.43. The fourth-order valence-corrected chi connectivity index (χ4v) is 4.35. The standard InChI is InChI=1S/C12H25BrN2O2S/c1-2-6-12(7-8-13)11-14-18(16,17)15-9-4-3-5-10-15/h12,14H,2-11H2,1H3. The Morgan fingerprint density at radius 3 is 2.44 bits per heavy atom. The Balaban J connectivity index is 2.43. The van der Waals surface area contributed by atoms with Gasteiger partial charge in [-0.25, -0.2) is 4.72 Å². The maximum Gasteiger partial charge on any atom is 0.279 e. The zero-order valence-corrected chi connectivity index (χ0v) is 13.6. The van der Waals surface area contributed by atoms with E-state index in [-0.39, 0.29) is 0 Å². The molecule has 6 heteroatoms. The lowest BCUT2D eigenvalue weighted by molar-refractivity contribution is 0.338. The number of rotatable bonds is 8. The molecule has 1 aliphatic heterocycles. The van der Waals surface area contributed by atoms with Crippen molar-refractivity contribution in [2.24, 2.45) is 5.92 Å². The topological polar surface area (TPSA) is 49.4 Å². The Kier molecular flexibility index (Phi) is 7.75. The minimum Gasteiger partial charge on any atom is -0.202 e. The van der Waals surface area contributed by atoms with Gasteiger partial charge in [0.2, 0.25) is 0 Å². The van der Waals surface area contributed by atoms with Crippen LogP contribution >= 0.6 is 15.9 Å². The zero-order valence-electron chi connectivity index (χ0n) is 11.2. The number of alkyl halides is 1. The van der Waals surface area contributed by atoms with Crippen LogP contribution in [-0.4, -0.2) is 37.7 Å². The first kappa shape index (κ1) is 16.4. The van der Waals surface area contributed by atoms with Crippen molar-refractivity contribution in [3.8, 4) is 0 Å². The summed E-state index contributed by atoms with van der Waals surface area (Å²) in [5.41, 5.74) is 0. The molecular formula is C12H25BrN2O2S. The van der Waals surface area contributed by atoms with Gasteiger partial charge in [-0.15, -0.1) is 0 Å². The molecule has 1 atom stereocenters. The lowest BCUT2D eigenvalue weighted by Gasteiger charge is -2.27. The second-order valence-corrected chi connectivity index (χ2v) is 7.49. The molecule has 1 aliphatic rings. The summed E-state index contributed by atoms with van der Waals surface area (Å²) in [6.07, 6.45) is 6.32. The third-order valence-corrected chi connectivity index (χ3v) is 5.46. The van der Waals surface area contributed by atoms with Gasteiger partial charge >= 0.3 is 0 Å². The first-order valence-corrected chi connectivity index (χ1v) is 9.47. The van der Waals surface area contributed by atoms with Crippen LogP contribution in [0.2, 0.25) is 0 Å². The van der Waals surface area contributed by atoms with Gasteiger partial charge in [0.25, 0.3) is 10.2 Å². The fraction of sp³-hybridized carbons (Fsp3) is 1.00. The van der Waals surface area contributed by atoms with Gasteiger partial charge < -0.3 is 0 Å². The van der Waals surface area contributed by atoms with E-state index in [4.69, 9.17) is 0 Å². The number of piperidine rings is 1. The first-order chi connectivity index (χ1) is 8.60. The molecule has 1 heterocycles. The van der Waals surface area contributed by atoms with E-state index in [1.54, 1.807) is 4.31 Å². The van der Waals surface area contributed by atoms with Gasteiger partial charge in [0.05, 0.1) is 0 Å². The second kappa shape index (κ2) is 8.51. The van der Waals surface area contributed by atoms with Crippen molar-refractivity contribution >= 4 is 26.1 Å². The molecule has 0 spiro atoms. The molecule has 1 saturated heterocycles. The highest BCUT2D eigenvalue weighted by atomic mass is 79.9. The van der Waals surface area contributed by atoms with Crippen LogP contribution in [0.5, 0.6) is 0 Å². The van der Waals surface area contributed by atoms with Crippen LogP contribution in [0.3, 0.4) is 0 Å². The van der Waals surface area contributed by atoms with E-state index in [2.05, 4.69) is 27.6 Å². The summed E-state index contributed by atoms with van der Waals surface area (Å²) in [5.74, 6) is 0.439. The van der Waals surface area contributed by atoms with E-state index in [0.717, 1.165) is 43.9 Å². The average molecular weight is 341 g/mol. The quantitative estimate of drug-likeness (QED) is 0.690. The highest BCUT2D eigenvalue weighted by Gasteiger charge is 2.24. The number of hydrogen-bond acceptors (Lipinski definition) is 2. The Hall–Kier alpha value is 0.350. The Morgan fingerprint density at radius 2 is 1.89 bits per heavy atom. The molecule has 18 heavy (non-hydrogen) atoms. The maximum absolute atomic E-state index is 12.1. The van der Waals surface area contributed by atoms with Crippen LogP contribution in [0.25, 0.3) is 0 Å². The summed E-state index contributed by atoms with van der Waals surface area (Å²) in [7, 11) is -3.25. The van der Waals surface area contributed by atoms with E-state index in [9.17, 15) is 8.42 Å². The van der Waals surface area contributed by atoms with Crippen molar-refractivity contribution in [3.05, 3.63) is 0 Å². The lowest BCUT2D eigenvalue weighted by Crippen LogP contribution is -2.44. The van der Waals surface area contributed by atoms with Crippen molar-refractivity contribution in [2.45, 2.75) is 45.4 Å². The van der Waals surface area contributed by atoms with E-state index >= 15 is 0 Å². The van der Waals surface area contributed by atoms with E-state index < -0.39 is 10.2 Å². The fourth-order valence-electron chi connectivity index (χ4n) is 2.33. The summed E-state index contributed by atoms with van der Waals surface area (Å²) in [6, 6.07) is 0. The normalized spacial score (nSPS) is 19.9. The van der Waals surface area contributed by atoms with Crippen LogP contribution in [0.4, 0.5) is 0 Å². The molecule has 0 radical (unpaired) electrons. The van der Waals surface area contributed by atoms with Crippen LogP contribution in [-0.2, 0) is 10.2 Å². The maximum atomic E-state index is 12.1. The molecule has 0 aromatic heterocycles. The molecule has 0 aromatic rings. The monoisotopic (exact) mass is 340 g/mol. The summed E-state index contributed by atoms with van der Waals surface area (Å²) in [4.78, 5) is 0. The predicted octanol–water partition coefficient (Wildman–Crippen LogP) is 2.51. The molecule has 1 rings (SSSR count). The smallest absolute Gasteiger partial charge is 0.202 e. The number of nitrogens with zero attached hydrogens (tertiary/aromatic N) is 1. The van der Waals surface area contributed by atoms with Gasteiger partial charge in [0.15, 0.2) is 0 Å². The molecule has 0 aromatic carbocycles. The SMILES string of the molecule is CCCC(CCBr)CNS(=O)(=O)N1CCCCC1. The van der Waals surface area contributed by atoms with Crippen LogP contribution in [0, 0.1) is 5.92 Å². The van der Waals surface area contributed by atoms with Gasteiger partial charge in [-0.05, 0) is 31.6 Å². The minimum atomic E-state index is -3.25. The van der Waals surface area contributed by atoms with Gasteiger partial charge in [-0.3, -0.25) is 0 Å². The van der Waals surface area contributed by atoms with Crippen LogP contribution < -0.4 is 4.72 Å². The van der Waals surface area contributed by atoms with Crippen molar-refractivity contribution < 1.29 is 8.42 Å². The molecule has 0 amide bonds. The number of hydrogen-bond donors (Lipinski definition) is 1. The van der Waals surface area contributed by atoms with Gasteiger partial charge in [0.1, 0.15) is 0 Å². The molecule has 1 unspecified atom stereocenters. The molecule has 1 fully saturated rings. The van der Waals surface area contributed by atoms with Crippen molar-refractivity contribution in [2.75, 3.05) is 25.0 Å². The molecule has 0 bridgehead atoms. The number of halogens is 1. The molecule has 0 aliphatic carbocycles. The van der Waals surface area contributed by atoms with E-state index in [1.807, 2.05) is 0 Å². The van der Waals surface area contributed by atoms with Gasteiger partial charge in [0, 0.05) is 25.0 Å². The second-order valence-electron chi connectivity index (χ2n) is 4.95. The van der Waals surface area contributed by atoms with Gasteiger partial charge in [-0.2, -0.15) is 12.7 Å². The highest BCUT2D eigenvalue weighted by molar-refractivity contribution is 9.09. The summed E-state index contributed by atoms with van der Waals surface area (Å²) in [6.45, 7) is 4.05. The highest BCUT2D eigenvalue weighted by Crippen LogP contribution is 2.15. The van der Waals surface area contributed by atoms with E-state index in [0.29, 0.717) is 25.6 Å². The van der Waals surface area contributed by atoms with E-state index in [1.165, 1.54) is 0 Å². The third kappa shape index (κ3) is 5.55. The van der Waals surface area contributed by atoms with Crippen molar-refractivity contribution in [3.63, 3.8) is 0 Å². The summed E-state index contributed by atoms with van der Waals surface area (Å²) < 4.78 is 28.6. The average Bonchev–Trinajstić information content (AvgIpc) is 2.38. The largest absolute Gasteiger partial charge is 0.279 e. The molecule has 0 saturated carbocycles. The summed E-state index contributed by atoms with van der Waals surface area (Å²) in [5, 5.41) is 0.934. The molecule has 108 valence electrons. The van der Waals surface area contributed by atoms with Gasteiger partial charge in [-0.1, -0.05) is 35.7 Å². The Bertz CT molecular complexity index is 310. The third-order valence-electron chi connectivity index (χ3n) is 3.42. The van der Waals surface area contributed by atoms with Crippen molar-refractivity contribution in [1.82, 2.24) is 9.03 Å². The predicted molar refractivity (Wildman–Crippen MR) is 79.2 cm³/mol. The molecular weight excluding hydrogens is 316 g/mol. The zero-order chi connectivity index (χ0) is 13.4. The number of nitrogens with one attached hydrogen (secondary N) is 1. The van der Waals surface area contributed by atoms with Crippen LogP contribution in [0.1, 0.15) is 45.4 Å². The Labute approximate surface area is 120 Å². The molecule has 1 N–H and O–H groups in total. The Morgan fingerprint density at radius 1 is 1.22 bits per heavy atom.